The van der Waals surface area contributed by atoms with Gasteiger partial charge in [0.15, 0.2) is 0 Å². The molecule has 1 unspecified atom stereocenters. The minimum absolute atomic E-state index is 0.507. The molecule has 2 aromatic rings. The topological polar surface area (TPSA) is 47.3 Å². The second-order valence-electron chi connectivity index (χ2n) is 4.16. The van der Waals surface area contributed by atoms with Gasteiger partial charge >= 0.3 is 0 Å². The van der Waals surface area contributed by atoms with Crippen molar-refractivity contribution in [3.8, 4) is 0 Å². The van der Waals surface area contributed by atoms with E-state index < -0.39 is 6.10 Å². The van der Waals surface area contributed by atoms with Crippen LogP contribution in [-0.2, 0) is 11.3 Å². The van der Waals surface area contributed by atoms with Crippen LogP contribution in [0.5, 0.6) is 0 Å². The smallest absolute Gasteiger partial charge is 0.123 e. The van der Waals surface area contributed by atoms with Gasteiger partial charge in [-0.2, -0.15) is 5.10 Å². The van der Waals surface area contributed by atoms with E-state index in [1.807, 2.05) is 6.07 Å². The summed E-state index contributed by atoms with van der Waals surface area (Å²) in [6.45, 7) is 1.07. The van der Waals surface area contributed by atoms with Crippen LogP contribution in [0, 0.1) is 0 Å². The van der Waals surface area contributed by atoms with Gasteiger partial charge in [0.05, 0.1) is 29.5 Å². The molecule has 0 fully saturated rings. The van der Waals surface area contributed by atoms with E-state index in [0.29, 0.717) is 29.4 Å². The Kier molecular flexibility index (Phi) is 5.63. The first-order valence-electron chi connectivity index (χ1n) is 5.87. The fraction of sp³-hybridized carbons (Fsp3) is 0.308. The van der Waals surface area contributed by atoms with Crippen molar-refractivity contribution in [2.45, 2.75) is 12.6 Å². The summed E-state index contributed by atoms with van der Waals surface area (Å²) in [5, 5.41) is 15.3. The summed E-state index contributed by atoms with van der Waals surface area (Å²) >= 11 is 13.0. The molecular weight excluding hydrogens is 411 g/mol. The van der Waals surface area contributed by atoms with E-state index in [1.54, 1.807) is 30.1 Å². The highest BCUT2D eigenvalue weighted by Gasteiger charge is 2.21. The molecule has 0 aliphatic heterocycles. The molecule has 0 aliphatic carbocycles. The van der Waals surface area contributed by atoms with E-state index in [2.05, 4.69) is 37.0 Å². The first-order chi connectivity index (χ1) is 9.54. The Balaban J connectivity index is 2.39. The predicted octanol–water partition coefficient (Wildman–Crippen LogP) is 3.79. The van der Waals surface area contributed by atoms with Gasteiger partial charge in [-0.1, -0.05) is 27.5 Å². The number of rotatable bonds is 5. The van der Waals surface area contributed by atoms with Gasteiger partial charge < -0.3 is 9.84 Å². The van der Waals surface area contributed by atoms with Gasteiger partial charge in [0.2, 0.25) is 0 Å². The minimum atomic E-state index is -0.867. The summed E-state index contributed by atoms with van der Waals surface area (Å²) in [4.78, 5) is 0. The van der Waals surface area contributed by atoms with Gasteiger partial charge in [-0.25, -0.2) is 0 Å². The third-order valence-corrected chi connectivity index (χ3v) is 4.30. The number of aromatic nitrogens is 2. The van der Waals surface area contributed by atoms with E-state index >= 15 is 0 Å². The third kappa shape index (κ3) is 3.43. The molecule has 0 saturated carbocycles. The van der Waals surface area contributed by atoms with Gasteiger partial charge in [-0.3, -0.25) is 4.68 Å². The maximum atomic E-state index is 10.6. The molecule has 108 valence electrons. The van der Waals surface area contributed by atoms with Crippen molar-refractivity contribution in [2.24, 2.45) is 0 Å². The maximum absolute atomic E-state index is 10.6. The highest BCUT2D eigenvalue weighted by Crippen LogP contribution is 2.33. The summed E-state index contributed by atoms with van der Waals surface area (Å²) in [5.41, 5.74) is 1.28. The zero-order valence-electron chi connectivity index (χ0n) is 10.7. The summed E-state index contributed by atoms with van der Waals surface area (Å²) in [6.07, 6.45) is 0.786. The van der Waals surface area contributed by atoms with Crippen molar-refractivity contribution >= 4 is 43.5 Å². The number of hydrogen-bond donors (Lipinski definition) is 1. The number of hydrogen-bond acceptors (Lipinski definition) is 3. The third-order valence-electron chi connectivity index (χ3n) is 2.85. The first kappa shape index (κ1) is 16.0. The van der Waals surface area contributed by atoms with Crippen molar-refractivity contribution in [1.29, 1.82) is 0 Å². The first-order valence-corrected chi connectivity index (χ1v) is 7.84. The molecule has 0 spiro atoms. The van der Waals surface area contributed by atoms with Crippen LogP contribution in [0.1, 0.15) is 17.4 Å². The van der Waals surface area contributed by atoms with Crippen LogP contribution in [0.15, 0.2) is 33.3 Å². The Labute approximate surface area is 139 Å². The predicted molar refractivity (Wildman–Crippen MR) is 85.0 cm³/mol. The summed E-state index contributed by atoms with van der Waals surface area (Å²) < 4.78 is 8.34. The lowest BCUT2D eigenvalue weighted by Gasteiger charge is -2.16. The Morgan fingerprint density at radius 1 is 1.45 bits per heavy atom. The number of nitrogens with zero attached hydrogens (tertiary/aromatic N) is 2. The molecule has 0 amide bonds. The monoisotopic (exact) mass is 422 g/mol. The summed E-state index contributed by atoms with van der Waals surface area (Å²) in [7, 11) is 1.62. The van der Waals surface area contributed by atoms with Gasteiger partial charge in [0.1, 0.15) is 6.10 Å². The largest absolute Gasteiger partial charge is 0.383 e. The van der Waals surface area contributed by atoms with Gasteiger partial charge in [-0.05, 0) is 34.1 Å². The lowest BCUT2D eigenvalue weighted by atomic mass is 10.1. The fourth-order valence-electron chi connectivity index (χ4n) is 1.87. The van der Waals surface area contributed by atoms with Crippen LogP contribution in [0.25, 0.3) is 0 Å². The van der Waals surface area contributed by atoms with Crippen LogP contribution in [0.3, 0.4) is 0 Å². The molecule has 2 rings (SSSR count). The molecule has 0 saturated heterocycles. The standard InChI is InChI=1S/C13H13Br2ClN2O2/c1-20-5-4-18-12(10(15)7-17-18)13(19)9-6-8(14)2-3-11(9)16/h2-3,6-7,13,19H,4-5H2,1H3. The summed E-state index contributed by atoms with van der Waals surface area (Å²) in [6, 6.07) is 5.37. The average molecular weight is 425 g/mol. The molecular formula is C13H13Br2ClN2O2. The van der Waals surface area contributed by atoms with Gasteiger partial charge in [0.25, 0.3) is 0 Å². The van der Waals surface area contributed by atoms with Gasteiger partial charge in [-0.15, -0.1) is 0 Å². The van der Waals surface area contributed by atoms with Crippen molar-refractivity contribution in [3.05, 3.63) is 49.6 Å². The Morgan fingerprint density at radius 2 is 2.20 bits per heavy atom. The molecule has 7 heteroatoms. The minimum Gasteiger partial charge on any atom is -0.383 e. The molecule has 0 aliphatic rings. The molecule has 1 aromatic carbocycles. The lowest BCUT2D eigenvalue weighted by molar-refractivity contribution is 0.171. The highest BCUT2D eigenvalue weighted by molar-refractivity contribution is 9.10. The van der Waals surface area contributed by atoms with E-state index in [0.717, 1.165) is 8.95 Å². The lowest BCUT2D eigenvalue weighted by Crippen LogP contribution is -2.14. The summed E-state index contributed by atoms with van der Waals surface area (Å²) in [5.74, 6) is 0. The van der Waals surface area contributed by atoms with Crippen molar-refractivity contribution < 1.29 is 9.84 Å². The highest BCUT2D eigenvalue weighted by atomic mass is 79.9. The quantitative estimate of drug-likeness (QED) is 0.795. The second-order valence-corrected chi connectivity index (χ2v) is 6.34. The SMILES string of the molecule is COCCn1ncc(Br)c1C(O)c1cc(Br)ccc1Cl. The number of benzene rings is 1. The maximum Gasteiger partial charge on any atom is 0.123 e. The number of aliphatic hydroxyl groups excluding tert-OH is 1. The molecule has 0 bridgehead atoms. The number of methoxy groups -OCH3 is 1. The van der Waals surface area contributed by atoms with E-state index in [9.17, 15) is 5.11 Å². The molecule has 4 nitrogen and oxygen atoms in total. The molecule has 0 radical (unpaired) electrons. The Morgan fingerprint density at radius 3 is 2.90 bits per heavy atom. The fourth-order valence-corrected chi connectivity index (χ4v) is 2.98. The second kappa shape index (κ2) is 7.04. The molecule has 1 aromatic heterocycles. The van der Waals surface area contributed by atoms with E-state index in [4.69, 9.17) is 16.3 Å². The Bertz CT molecular complexity index is 604. The number of aliphatic hydroxyl groups is 1. The van der Waals surface area contributed by atoms with E-state index in [-0.39, 0.29) is 0 Å². The zero-order valence-corrected chi connectivity index (χ0v) is 14.6. The average Bonchev–Trinajstić information content (AvgIpc) is 2.79. The zero-order chi connectivity index (χ0) is 14.7. The van der Waals surface area contributed by atoms with Gasteiger partial charge in [0, 0.05) is 22.2 Å². The van der Waals surface area contributed by atoms with Crippen molar-refractivity contribution in [1.82, 2.24) is 9.78 Å². The van der Waals surface area contributed by atoms with Crippen LogP contribution < -0.4 is 0 Å². The normalized spacial score (nSPS) is 12.7. The van der Waals surface area contributed by atoms with Crippen molar-refractivity contribution in [2.75, 3.05) is 13.7 Å². The van der Waals surface area contributed by atoms with Crippen LogP contribution in [-0.4, -0.2) is 28.6 Å². The number of ether oxygens (including phenoxy) is 1. The molecule has 1 atom stereocenters. The molecule has 1 heterocycles. The van der Waals surface area contributed by atoms with Crippen molar-refractivity contribution in [3.63, 3.8) is 0 Å². The molecule has 20 heavy (non-hydrogen) atoms. The van der Waals surface area contributed by atoms with E-state index in [1.165, 1.54) is 0 Å². The van der Waals surface area contributed by atoms with Crippen LogP contribution in [0.4, 0.5) is 0 Å². The Hall–Kier alpha value is -0.400. The van der Waals surface area contributed by atoms with Crippen LogP contribution >= 0.6 is 43.5 Å². The number of halogens is 3. The van der Waals surface area contributed by atoms with Crippen LogP contribution in [0.2, 0.25) is 5.02 Å². The molecule has 1 N–H and O–H groups in total.